The Balaban J connectivity index is 3.09. The molecule has 2 atom stereocenters. The summed E-state index contributed by atoms with van der Waals surface area (Å²) in [6.07, 6.45) is 5.05. The summed E-state index contributed by atoms with van der Waals surface area (Å²) in [6, 6.07) is 6.97. The molecule has 120 valence electrons. The second-order valence-corrected chi connectivity index (χ2v) is 5.82. The fourth-order valence-electron chi connectivity index (χ4n) is 3.02. The molecule has 1 aromatic carbocycles. The molecular weight excluding hydrogens is 258 g/mol. The Morgan fingerprint density at radius 3 is 2.48 bits per heavy atom. The summed E-state index contributed by atoms with van der Waals surface area (Å²) in [5, 5.41) is 3.70. The van der Waals surface area contributed by atoms with Gasteiger partial charge in [-0.1, -0.05) is 57.7 Å². The standard InChI is InChI=1S/C19H33NO/c1-6-10-11-16(7-2)19(20-8-3)17-14-15(5)12-13-18(17)21-9-4/h12-14,16,19-20H,6-11H2,1-5H3. The van der Waals surface area contributed by atoms with Gasteiger partial charge in [0.2, 0.25) is 0 Å². The van der Waals surface area contributed by atoms with Crippen LogP contribution in [-0.4, -0.2) is 13.2 Å². The molecule has 0 aliphatic heterocycles. The Morgan fingerprint density at radius 1 is 1.14 bits per heavy atom. The number of hydrogen-bond acceptors (Lipinski definition) is 2. The van der Waals surface area contributed by atoms with Crippen LogP contribution in [0.25, 0.3) is 0 Å². The lowest BCUT2D eigenvalue weighted by molar-refractivity contribution is 0.298. The van der Waals surface area contributed by atoms with E-state index < -0.39 is 0 Å². The quantitative estimate of drug-likeness (QED) is 0.635. The van der Waals surface area contributed by atoms with Gasteiger partial charge in [-0.15, -0.1) is 0 Å². The Kier molecular flexibility index (Phi) is 8.44. The van der Waals surface area contributed by atoms with Gasteiger partial charge in [0, 0.05) is 11.6 Å². The highest BCUT2D eigenvalue weighted by molar-refractivity contribution is 5.39. The van der Waals surface area contributed by atoms with E-state index >= 15 is 0 Å². The van der Waals surface area contributed by atoms with Crippen LogP contribution >= 0.6 is 0 Å². The molecule has 0 fully saturated rings. The average Bonchev–Trinajstić information content (AvgIpc) is 2.49. The minimum atomic E-state index is 0.396. The maximum absolute atomic E-state index is 5.88. The van der Waals surface area contributed by atoms with Crippen molar-refractivity contribution in [3.8, 4) is 5.75 Å². The van der Waals surface area contributed by atoms with Gasteiger partial charge in [-0.3, -0.25) is 0 Å². The molecule has 2 nitrogen and oxygen atoms in total. The molecule has 1 aromatic rings. The van der Waals surface area contributed by atoms with Gasteiger partial charge in [-0.25, -0.2) is 0 Å². The van der Waals surface area contributed by atoms with Crippen LogP contribution in [0.1, 0.15) is 70.5 Å². The third-order valence-electron chi connectivity index (χ3n) is 4.15. The predicted octanol–water partition coefficient (Wildman–Crippen LogP) is 5.26. The summed E-state index contributed by atoms with van der Waals surface area (Å²) in [5.74, 6) is 1.72. The molecule has 2 heteroatoms. The number of ether oxygens (including phenoxy) is 1. The van der Waals surface area contributed by atoms with E-state index in [1.54, 1.807) is 0 Å². The molecular formula is C19H33NO. The van der Waals surface area contributed by atoms with Crippen molar-refractivity contribution in [2.45, 2.75) is 66.3 Å². The summed E-state index contributed by atoms with van der Waals surface area (Å²) < 4.78 is 5.88. The minimum absolute atomic E-state index is 0.396. The number of aryl methyl sites for hydroxylation is 1. The number of hydrogen-bond donors (Lipinski definition) is 1. The van der Waals surface area contributed by atoms with Crippen LogP contribution in [-0.2, 0) is 0 Å². The molecule has 0 saturated heterocycles. The zero-order valence-corrected chi connectivity index (χ0v) is 14.5. The number of rotatable bonds is 10. The Bertz CT molecular complexity index is 403. The maximum Gasteiger partial charge on any atom is 0.124 e. The molecule has 1 N–H and O–H groups in total. The zero-order valence-electron chi connectivity index (χ0n) is 14.5. The number of unbranched alkanes of at least 4 members (excludes halogenated alkanes) is 1. The molecule has 0 aliphatic carbocycles. The fourth-order valence-corrected chi connectivity index (χ4v) is 3.02. The summed E-state index contributed by atoms with van der Waals surface area (Å²) in [6.45, 7) is 12.7. The third-order valence-corrected chi connectivity index (χ3v) is 4.15. The Hall–Kier alpha value is -1.02. The van der Waals surface area contributed by atoms with Gasteiger partial charge in [-0.2, -0.15) is 0 Å². The van der Waals surface area contributed by atoms with Crippen LogP contribution in [0.2, 0.25) is 0 Å². The molecule has 0 radical (unpaired) electrons. The van der Waals surface area contributed by atoms with Crippen molar-refractivity contribution < 1.29 is 4.74 Å². The van der Waals surface area contributed by atoms with Crippen molar-refractivity contribution in [1.82, 2.24) is 5.32 Å². The van der Waals surface area contributed by atoms with E-state index in [4.69, 9.17) is 4.74 Å². The Labute approximate surface area is 131 Å². The second-order valence-electron chi connectivity index (χ2n) is 5.82. The largest absolute Gasteiger partial charge is 0.494 e. The lowest BCUT2D eigenvalue weighted by Crippen LogP contribution is -2.28. The first-order valence-electron chi connectivity index (χ1n) is 8.64. The molecule has 0 aliphatic rings. The Morgan fingerprint density at radius 2 is 1.90 bits per heavy atom. The monoisotopic (exact) mass is 291 g/mol. The molecule has 0 heterocycles. The van der Waals surface area contributed by atoms with Crippen LogP contribution in [0, 0.1) is 12.8 Å². The van der Waals surface area contributed by atoms with E-state index in [1.807, 2.05) is 0 Å². The average molecular weight is 291 g/mol. The van der Waals surface area contributed by atoms with Crippen molar-refractivity contribution >= 4 is 0 Å². The zero-order chi connectivity index (χ0) is 15.7. The van der Waals surface area contributed by atoms with Crippen molar-refractivity contribution in [3.63, 3.8) is 0 Å². The molecule has 0 amide bonds. The van der Waals surface area contributed by atoms with Crippen molar-refractivity contribution in [1.29, 1.82) is 0 Å². The third kappa shape index (κ3) is 5.35. The molecule has 1 rings (SSSR count). The van der Waals surface area contributed by atoms with E-state index in [2.05, 4.69) is 58.1 Å². The van der Waals surface area contributed by atoms with Gasteiger partial charge >= 0.3 is 0 Å². The maximum atomic E-state index is 5.88. The van der Waals surface area contributed by atoms with E-state index in [1.165, 1.54) is 36.8 Å². The first kappa shape index (κ1) is 18.0. The summed E-state index contributed by atoms with van der Waals surface area (Å²) in [4.78, 5) is 0. The number of nitrogens with one attached hydrogen (secondary N) is 1. The van der Waals surface area contributed by atoms with Crippen molar-refractivity contribution in [2.24, 2.45) is 5.92 Å². The molecule has 0 spiro atoms. The van der Waals surface area contributed by atoms with Gasteiger partial charge < -0.3 is 10.1 Å². The van der Waals surface area contributed by atoms with Gasteiger partial charge in [0.15, 0.2) is 0 Å². The van der Waals surface area contributed by atoms with Crippen LogP contribution in [0.3, 0.4) is 0 Å². The first-order valence-corrected chi connectivity index (χ1v) is 8.64. The molecule has 0 aromatic heterocycles. The molecule has 21 heavy (non-hydrogen) atoms. The highest BCUT2D eigenvalue weighted by Gasteiger charge is 2.23. The fraction of sp³-hybridized carbons (Fsp3) is 0.684. The van der Waals surface area contributed by atoms with E-state index in [0.717, 1.165) is 18.9 Å². The lowest BCUT2D eigenvalue weighted by atomic mass is 9.86. The van der Waals surface area contributed by atoms with E-state index in [0.29, 0.717) is 12.0 Å². The molecule has 0 bridgehead atoms. The van der Waals surface area contributed by atoms with Gasteiger partial charge in [0.1, 0.15) is 5.75 Å². The smallest absolute Gasteiger partial charge is 0.124 e. The second kappa shape index (κ2) is 9.83. The van der Waals surface area contributed by atoms with Crippen LogP contribution in [0.15, 0.2) is 18.2 Å². The summed E-state index contributed by atoms with van der Waals surface area (Å²) >= 11 is 0. The molecule has 2 unspecified atom stereocenters. The van der Waals surface area contributed by atoms with Gasteiger partial charge in [0.05, 0.1) is 6.61 Å². The summed E-state index contributed by atoms with van der Waals surface area (Å²) in [7, 11) is 0. The SMILES string of the molecule is CCCCC(CC)C(NCC)c1cc(C)ccc1OCC. The van der Waals surface area contributed by atoms with Crippen LogP contribution in [0.4, 0.5) is 0 Å². The van der Waals surface area contributed by atoms with Crippen LogP contribution in [0.5, 0.6) is 5.75 Å². The lowest BCUT2D eigenvalue weighted by Gasteiger charge is -2.29. The normalized spacial score (nSPS) is 14.0. The first-order chi connectivity index (χ1) is 10.2. The van der Waals surface area contributed by atoms with Gasteiger partial charge in [0.25, 0.3) is 0 Å². The van der Waals surface area contributed by atoms with E-state index in [-0.39, 0.29) is 0 Å². The minimum Gasteiger partial charge on any atom is -0.494 e. The predicted molar refractivity (Wildman–Crippen MR) is 92.1 cm³/mol. The van der Waals surface area contributed by atoms with Crippen molar-refractivity contribution in [3.05, 3.63) is 29.3 Å². The number of benzene rings is 1. The molecule has 0 saturated carbocycles. The van der Waals surface area contributed by atoms with Crippen LogP contribution < -0.4 is 10.1 Å². The topological polar surface area (TPSA) is 21.3 Å². The van der Waals surface area contributed by atoms with E-state index in [9.17, 15) is 0 Å². The summed E-state index contributed by atoms with van der Waals surface area (Å²) in [5.41, 5.74) is 2.64. The highest BCUT2D eigenvalue weighted by Crippen LogP contribution is 2.35. The van der Waals surface area contributed by atoms with Gasteiger partial charge in [-0.05, 0) is 38.8 Å². The van der Waals surface area contributed by atoms with Crippen molar-refractivity contribution in [2.75, 3.05) is 13.2 Å². The highest BCUT2D eigenvalue weighted by atomic mass is 16.5.